The van der Waals surface area contributed by atoms with Crippen molar-refractivity contribution < 1.29 is 14.2 Å². The van der Waals surface area contributed by atoms with Gasteiger partial charge in [-0.25, -0.2) is 4.39 Å². The molecule has 2 rings (SSSR count). The summed E-state index contributed by atoms with van der Waals surface area (Å²) in [5, 5.41) is 9.73. The Kier molecular flexibility index (Phi) is 4.17. The van der Waals surface area contributed by atoms with Crippen LogP contribution in [0.15, 0.2) is 42.5 Å². The van der Waals surface area contributed by atoms with Gasteiger partial charge >= 0.3 is 0 Å². The van der Waals surface area contributed by atoms with Crippen molar-refractivity contribution in [3.05, 3.63) is 65.0 Å². The molecule has 0 aromatic heterocycles. The van der Waals surface area contributed by atoms with Crippen molar-refractivity contribution in [2.24, 2.45) is 0 Å². The highest BCUT2D eigenvalue weighted by Crippen LogP contribution is 2.27. The van der Waals surface area contributed by atoms with Crippen LogP contribution in [-0.2, 0) is 6.61 Å². The highest BCUT2D eigenvalue weighted by molar-refractivity contribution is 5.38. The van der Waals surface area contributed by atoms with E-state index in [1.54, 1.807) is 31.2 Å². The summed E-state index contributed by atoms with van der Waals surface area (Å²) in [5.74, 6) is 0.303. The molecule has 0 saturated carbocycles. The Morgan fingerprint density at radius 3 is 2.63 bits per heavy atom. The quantitative estimate of drug-likeness (QED) is 0.906. The summed E-state index contributed by atoms with van der Waals surface area (Å²) in [6.45, 7) is 3.78. The minimum atomic E-state index is -0.615. The molecule has 0 aliphatic carbocycles. The SMILES string of the molecule is Cc1ccc(OCc2ccccc2F)c([C@H](C)O)c1. The molecule has 0 aliphatic rings. The van der Waals surface area contributed by atoms with E-state index in [4.69, 9.17) is 4.74 Å². The molecule has 0 unspecified atom stereocenters. The molecule has 3 heteroatoms. The van der Waals surface area contributed by atoms with Crippen LogP contribution < -0.4 is 4.74 Å². The smallest absolute Gasteiger partial charge is 0.129 e. The Bertz CT molecular complexity index is 564. The fourth-order valence-electron chi connectivity index (χ4n) is 1.90. The van der Waals surface area contributed by atoms with Gasteiger partial charge in [0.2, 0.25) is 0 Å². The van der Waals surface area contributed by atoms with Crippen molar-refractivity contribution in [3.8, 4) is 5.75 Å². The van der Waals surface area contributed by atoms with Crippen molar-refractivity contribution >= 4 is 0 Å². The predicted octanol–water partition coefficient (Wildman–Crippen LogP) is 3.77. The predicted molar refractivity (Wildman–Crippen MR) is 72.5 cm³/mol. The summed E-state index contributed by atoms with van der Waals surface area (Å²) in [6.07, 6.45) is -0.615. The van der Waals surface area contributed by atoms with Gasteiger partial charge in [-0.05, 0) is 32.0 Å². The molecule has 2 aromatic rings. The van der Waals surface area contributed by atoms with Crippen molar-refractivity contribution in [1.82, 2.24) is 0 Å². The van der Waals surface area contributed by atoms with Crippen molar-refractivity contribution in [2.75, 3.05) is 0 Å². The van der Waals surface area contributed by atoms with Gasteiger partial charge in [-0.15, -0.1) is 0 Å². The summed E-state index contributed by atoms with van der Waals surface area (Å²) in [6, 6.07) is 12.1. The summed E-state index contributed by atoms with van der Waals surface area (Å²) in [5.41, 5.74) is 2.27. The third-order valence-electron chi connectivity index (χ3n) is 2.96. The maximum atomic E-state index is 13.5. The molecule has 1 atom stereocenters. The van der Waals surface area contributed by atoms with Crippen LogP contribution in [-0.4, -0.2) is 5.11 Å². The first kappa shape index (κ1) is 13.6. The molecule has 0 heterocycles. The summed E-state index contributed by atoms with van der Waals surface area (Å²) in [7, 11) is 0. The fraction of sp³-hybridized carbons (Fsp3) is 0.250. The van der Waals surface area contributed by atoms with E-state index < -0.39 is 6.10 Å². The highest BCUT2D eigenvalue weighted by Gasteiger charge is 2.10. The van der Waals surface area contributed by atoms with E-state index >= 15 is 0 Å². The molecule has 2 aromatic carbocycles. The Hall–Kier alpha value is -1.87. The molecule has 1 N–H and O–H groups in total. The van der Waals surface area contributed by atoms with Crippen LogP contribution in [0.3, 0.4) is 0 Å². The fourth-order valence-corrected chi connectivity index (χ4v) is 1.90. The van der Waals surface area contributed by atoms with Crippen LogP contribution in [0.25, 0.3) is 0 Å². The van der Waals surface area contributed by atoms with Crippen LogP contribution >= 0.6 is 0 Å². The second kappa shape index (κ2) is 5.85. The topological polar surface area (TPSA) is 29.5 Å². The minimum absolute atomic E-state index is 0.148. The number of aliphatic hydroxyl groups is 1. The second-order valence-electron chi connectivity index (χ2n) is 4.60. The van der Waals surface area contributed by atoms with Crippen LogP contribution in [0, 0.1) is 12.7 Å². The van der Waals surface area contributed by atoms with E-state index in [9.17, 15) is 9.50 Å². The molecule has 0 bridgehead atoms. The van der Waals surface area contributed by atoms with Gasteiger partial charge in [-0.1, -0.05) is 29.8 Å². The molecular formula is C16H17FO2. The molecule has 2 nitrogen and oxygen atoms in total. The average Bonchev–Trinajstić information content (AvgIpc) is 2.38. The lowest BCUT2D eigenvalue weighted by Gasteiger charge is -2.14. The Morgan fingerprint density at radius 2 is 1.95 bits per heavy atom. The van der Waals surface area contributed by atoms with Gasteiger partial charge in [0.1, 0.15) is 18.2 Å². The van der Waals surface area contributed by atoms with E-state index in [2.05, 4.69) is 0 Å². The zero-order valence-electron chi connectivity index (χ0n) is 11.1. The number of ether oxygens (including phenoxy) is 1. The molecule has 100 valence electrons. The normalized spacial score (nSPS) is 12.2. The Balaban J connectivity index is 2.18. The number of hydrogen-bond acceptors (Lipinski definition) is 2. The Labute approximate surface area is 112 Å². The standard InChI is InChI=1S/C16H17FO2/c1-11-7-8-16(14(9-11)12(2)18)19-10-13-5-3-4-6-15(13)17/h3-9,12,18H,10H2,1-2H3/t12-/m0/s1. The first-order chi connectivity index (χ1) is 9.08. The van der Waals surface area contributed by atoms with Crippen LogP contribution in [0.1, 0.15) is 29.7 Å². The summed E-state index contributed by atoms with van der Waals surface area (Å²) in [4.78, 5) is 0. The third-order valence-corrected chi connectivity index (χ3v) is 2.96. The van der Waals surface area contributed by atoms with Gasteiger partial charge in [-0.2, -0.15) is 0 Å². The monoisotopic (exact) mass is 260 g/mol. The van der Waals surface area contributed by atoms with E-state index in [-0.39, 0.29) is 12.4 Å². The van der Waals surface area contributed by atoms with Gasteiger partial charge in [0.15, 0.2) is 0 Å². The number of halogens is 1. The van der Waals surface area contributed by atoms with E-state index in [1.165, 1.54) is 6.07 Å². The van der Waals surface area contributed by atoms with E-state index in [0.29, 0.717) is 11.3 Å². The van der Waals surface area contributed by atoms with Gasteiger partial charge in [0.05, 0.1) is 6.10 Å². The maximum absolute atomic E-state index is 13.5. The van der Waals surface area contributed by atoms with Crippen LogP contribution in [0.4, 0.5) is 4.39 Å². The van der Waals surface area contributed by atoms with Crippen molar-refractivity contribution in [1.29, 1.82) is 0 Å². The second-order valence-corrected chi connectivity index (χ2v) is 4.60. The zero-order chi connectivity index (χ0) is 13.8. The molecule has 0 saturated heterocycles. The summed E-state index contributed by atoms with van der Waals surface area (Å²) >= 11 is 0. The molecule has 0 radical (unpaired) electrons. The van der Waals surface area contributed by atoms with Gasteiger partial charge < -0.3 is 9.84 Å². The minimum Gasteiger partial charge on any atom is -0.488 e. The van der Waals surface area contributed by atoms with Gasteiger partial charge in [0, 0.05) is 11.1 Å². The lowest BCUT2D eigenvalue weighted by molar-refractivity contribution is 0.189. The molecule has 19 heavy (non-hydrogen) atoms. The number of aryl methyl sites for hydroxylation is 1. The third kappa shape index (κ3) is 3.32. The summed E-state index contributed by atoms with van der Waals surface area (Å²) < 4.78 is 19.1. The molecule has 0 amide bonds. The van der Waals surface area contributed by atoms with Crippen LogP contribution in [0.5, 0.6) is 5.75 Å². The first-order valence-corrected chi connectivity index (χ1v) is 6.22. The number of rotatable bonds is 4. The van der Waals surface area contributed by atoms with Crippen molar-refractivity contribution in [2.45, 2.75) is 26.6 Å². The van der Waals surface area contributed by atoms with Gasteiger partial charge in [-0.3, -0.25) is 0 Å². The molecule has 0 spiro atoms. The Morgan fingerprint density at radius 1 is 1.21 bits per heavy atom. The molecular weight excluding hydrogens is 243 g/mol. The zero-order valence-corrected chi connectivity index (χ0v) is 11.1. The number of aliphatic hydroxyl groups excluding tert-OH is 1. The number of hydrogen-bond donors (Lipinski definition) is 1. The van der Waals surface area contributed by atoms with E-state index in [0.717, 1.165) is 11.1 Å². The molecule has 0 fully saturated rings. The average molecular weight is 260 g/mol. The lowest BCUT2D eigenvalue weighted by atomic mass is 10.1. The highest BCUT2D eigenvalue weighted by atomic mass is 19.1. The van der Waals surface area contributed by atoms with Gasteiger partial charge in [0.25, 0.3) is 0 Å². The molecule has 0 aliphatic heterocycles. The number of benzene rings is 2. The van der Waals surface area contributed by atoms with E-state index in [1.807, 2.05) is 19.1 Å². The van der Waals surface area contributed by atoms with Crippen LogP contribution in [0.2, 0.25) is 0 Å². The first-order valence-electron chi connectivity index (χ1n) is 6.22. The lowest BCUT2D eigenvalue weighted by Crippen LogP contribution is -2.02. The van der Waals surface area contributed by atoms with Crippen molar-refractivity contribution in [3.63, 3.8) is 0 Å². The maximum Gasteiger partial charge on any atom is 0.129 e. The largest absolute Gasteiger partial charge is 0.488 e.